The fourth-order valence-electron chi connectivity index (χ4n) is 0.920. The van der Waals surface area contributed by atoms with Gasteiger partial charge in [0.05, 0.1) is 5.83 Å². The monoisotopic (exact) mass is 235 g/mol. The number of rotatable bonds is 5. The van der Waals surface area contributed by atoms with Crippen LogP contribution in [0.15, 0.2) is 65.1 Å². The zero-order valence-electron chi connectivity index (χ0n) is 11.3. The number of nitrogens with zero attached hydrogens (tertiary/aromatic N) is 1. The Morgan fingerprint density at radius 2 is 1.71 bits per heavy atom. The first-order valence-corrected chi connectivity index (χ1v) is 5.51. The first kappa shape index (κ1) is 17.7. The number of aliphatic imine (C=N–C) groups is 1. The van der Waals surface area contributed by atoms with Crippen molar-refractivity contribution in [2.45, 2.75) is 27.7 Å². The minimum absolute atomic E-state index is 0.242. The van der Waals surface area contributed by atoms with Crippen molar-refractivity contribution in [3.8, 4) is 0 Å². The molecule has 0 saturated heterocycles. The Hall–Kier alpha value is -1.70. The smallest absolute Gasteiger partial charge is 0.0968 e. The summed E-state index contributed by atoms with van der Waals surface area (Å²) in [5.41, 5.74) is 2.40. The van der Waals surface area contributed by atoms with Gasteiger partial charge in [-0.2, -0.15) is 0 Å². The molecule has 0 atom stereocenters. The maximum atomic E-state index is 12.5. The molecular weight excluding hydrogens is 213 g/mol. The molecule has 0 aliphatic carbocycles. The SMILES string of the molecule is C=C/C(=C/N=C)C(=C)/C(C)=C/C=C(\C)F.CC. The van der Waals surface area contributed by atoms with E-state index in [1.165, 1.54) is 13.0 Å². The second-order valence-electron chi connectivity index (χ2n) is 3.05. The van der Waals surface area contributed by atoms with Crippen LogP contribution in [0.3, 0.4) is 0 Å². The summed E-state index contributed by atoms with van der Waals surface area (Å²) in [6, 6.07) is 0. The van der Waals surface area contributed by atoms with Crippen LogP contribution in [0.2, 0.25) is 0 Å². The highest BCUT2D eigenvalue weighted by molar-refractivity contribution is 5.50. The number of hydrogen-bond donors (Lipinski definition) is 0. The lowest BCUT2D eigenvalue weighted by molar-refractivity contribution is 0.640. The van der Waals surface area contributed by atoms with Crippen LogP contribution in [0.1, 0.15) is 27.7 Å². The largest absolute Gasteiger partial charge is 0.272 e. The highest BCUT2D eigenvalue weighted by Gasteiger charge is 1.99. The quantitative estimate of drug-likeness (QED) is 0.461. The van der Waals surface area contributed by atoms with E-state index in [0.29, 0.717) is 0 Å². The van der Waals surface area contributed by atoms with Gasteiger partial charge < -0.3 is 0 Å². The van der Waals surface area contributed by atoms with Gasteiger partial charge in [-0.05, 0) is 43.4 Å². The van der Waals surface area contributed by atoms with E-state index >= 15 is 0 Å². The van der Waals surface area contributed by atoms with Crippen LogP contribution in [0.5, 0.6) is 0 Å². The van der Waals surface area contributed by atoms with Crippen LogP contribution in [-0.2, 0) is 0 Å². The molecule has 17 heavy (non-hydrogen) atoms. The van der Waals surface area contributed by atoms with E-state index in [-0.39, 0.29) is 5.83 Å². The van der Waals surface area contributed by atoms with E-state index in [1.807, 2.05) is 20.8 Å². The van der Waals surface area contributed by atoms with E-state index in [4.69, 9.17) is 0 Å². The molecule has 0 heterocycles. The van der Waals surface area contributed by atoms with Crippen molar-refractivity contribution in [1.29, 1.82) is 0 Å². The van der Waals surface area contributed by atoms with E-state index in [2.05, 4.69) is 24.9 Å². The van der Waals surface area contributed by atoms with Gasteiger partial charge in [0.15, 0.2) is 0 Å². The lowest BCUT2D eigenvalue weighted by Gasteiger charge is -2.05. The maximum absolute atomic E-state index is 12.5. The molecule has 0 aromatic carbocycles. The molecule has 0 amide bonds. The molecule has 0 aromatic heterocycles. The summed E-state index contributed by atoms with van der Waals surface area (Å²) in [6.07, 6.45) is 6.26. The summed E-state index contributed by atoms with van der Waals surface area (Å²) in [4.78, 5) is 3.64. The molecule has 2 heteroatoms. The maximum Gasteiger partial charge on any atom is 0.0968 e. The van der Waals surface area contributed by atoms with Gasteiger partial charge in [-0.25, -0.2) is 4.39 Å². The molecule has 0 N–H and O–H groups in total. The third-order valence-corrected chi connectivity index (χ3v) is 1.84. The molecule has 1 nitrogen and oxygen atoms in total. The molecule has 0 spiro atoms. The molecule has 0 aliphatic rings. The molecule has 0 aromatic rings. The Balaban J connectivity index is 0. The predicted molar refractivity (Wildman–Crippen MR) is 76.9 cm³/mol. The molecule has 0 radical (unpaired) electrons. The van der Waals surface area contributed by atoms with Gasteiger partial charge in [-0.15, -0.1) is 0 Å². The summed E-state index contributed by atoms with van der Waals surface area (Å²) < 4.78 is 12.5. The Morgan fingerprint density at radius 3 is 2.06 bits per heavy atom. The molecule has 0 aliphatic heterocycles. The summed E-state index contributed by atoms with van der Waals surface area (Å²) in [7, 11) is 0. The van der Waals surface area contributed by atoms with Gasteiger partial charge in [-0.3, -0.25) is 4.99 Å². The van der Waals surface area contributed by atoms with Crippen LogP contribution >= 0.6 is 0 Å². The van der Waals surface area contributed by atoms with E-state index in [0.717, 1.165) is 16.7 Å². The molecule has 0 unspecified atom stereocenters. The first-order chi connectivity index (χ1) is 8.02. The third-order valence-electron chi connectivity index (χ3n) is 1.84. The second kappa shape index (κ2) is 10.8. The Kier molecular flexibility index (Phi) is 11.2. The minimum Gasteiger partial charge on any atom is -0.272 e. The van der Waals surface area contributed by atoms with Crippen molar-refractivity contribution in [2.24, 2.45) is 4.99 Å². The third kappa shape index (κ3) is 8.14. The van der Waals surface area contributed by atoms with Crippen molar-refractivity contribution >= 4 is 6.72 Å². The molecule has 0 saturated carbocycles. The number of hydrogen-bond acceptors (Lipinski definition) is 1. The van der Waals surface area contributed by atoms with Gasteiger partial charge in [0.1, 0.15) is 0 Å². The fraction of sp³-hybridized carbons (Fsp3) is 0.267. The van der Waals surface area contributed by atoms with Gasteiger partial charge in [-0.1, -0.05) is 39.2 Å². The number of halogens is 1. The molecule has 0 fully saturated rings. The van der Waals surface area contributed by atoms with Crippen molar-refractivity contribution < 1.29 is 4.39 Å². The summed E-state index contributed by atoms with van der Waals surface area (Å²) in [5, 5.41) is 0. The van der Waals surface area contributed by atoms with Crippen molar-refractivity contribution in [2.75, 3.05) is 0 Å². The van der Waals surface area contributed by atoms with Crippen LogP contribution in [0.25, 0.3) is 0 Å². The Bertz CT molecular complexity index is 353. The normalized spacial score (nSPS) is 12.4. The van der Waals surface area contributed by atoms with Crippen LogP contribution in [0.4, 0.5) is 4.39 Å². The Labute approximate surface area is 104 Å². The molecule has 0 rings (SSSR count). The lowest BCUT2D eigenvalue weighted by Crippen LogP contribution is -1.86. The summed E-state index contributed by atoms with van der Waals surface area (Å²) in [6.45, 7) is 18.1. The average molecular weight is 235 g/mol. The van der Waals surface area contributed by atoms with Gasteiger partial charge in [0.25, 0.3) is 0 Å². The Morgan fingerprint density at radius 1 is 1.18 bits per heavy atom. The predicted octanol–water partition coefficient (Wildman–Crippen LogP) is 5.16. The minimum atomic E-state index is -0.242. The van der Waals surface area contributed by atoms with Gasteiger partial charge in [0.2, 0.25) is 0 Å². The van der Waals surface area contributed by atoms with E-state index in [1.54, 1.807) is 18.4 Å². The van der Waals surface area contributed by atoms with Crippen molar-refractivity contribution in [3.05, 3.63) is 60.1 Å². The second-order valence-corrected chi connectivity index (χ2v) is 3.05. The van der Waals surface area contributed by atoms with Crippen LogP contribution in [0, 0.1) is 0 Å². The standard InChI is InChI=1S/C13H16FN.C2H6/c1-6-13(9-15-5)12(4)10(2)7-8-11(3)14;1-2/h6-9H,1,4-5H2,2-3H3;1-2H3/b10-7+,11-8+,13-9-;. The van der Waals surface area contributed by atoms with E-state index in [9.17, 15) is 4.39 Å². The average Bonchev–Trinajstić information content (AvgIpc) is 2.34. The lowest BCUT2D eigenvalue weighted by atomic mass is 10.0. The highest BCUT2D eigenvalue weighted by Crippen LogP contribution is 2.18. The molecular formula is C15H22FN. The van der Waals surface area contributed by atoms with Crippen molar-refractivity contribution in [1.82, 2.24) is 0 Å². The van der Waals surface area contributed by atoms with E-state index < -0.39 is 0 Å². The topological polar surface area (TPSA) is 12.4 Å². The summed E-state index contributed by atoms with van der Waals surface area (Å²) in [5.74, 6) is -0.242. The number of allylic oxidation sites excluding steroid dienone is 7. The van der Waals surface area contributed by atoms with Gasteiger partial charge >= 0.3 is 0 Å². The molecule has 0 bridgehead atoms. The van der Waals surface area contributed by atoms with Crippen LogP contribution in [-0.4, -0.2) is 6.72 Å². The van der Waals surface area contributed by atoms with Crippen molar-refractivity contribution in [3.63, 3.8) is 0 Å². The van der Waals surface area contributed by atoms with Gasteiger partial charge in [0, 0.05) is 6.20 Å². The zero-order valence-corrected chi connectivity index (χ0v) is 11.3. The first-order valence-electron chi connectivity index (χ1n) is 5.51. The zero-order chi connectivity index (χ0) is 13.8. The molecule has 94 valence electrons. The fourth-order valence-corrected chi connectivity index (χ4v) is 0.920. The van der Waals surface area contributed by atoms with Crippen LogP contribution < -0.4 is 0 Å². The summed E-state index contributed by atoms with van der Waals surface area (Å²) >= 11 is 0. The highest BCUT2D eigenvalue weighted by atomic mass is 19.1.